The van der Waals surface area contributed by atoms with E-state index in [1.807, 2.05) is 32.0 Å². The van der Waals surface area contributed by atoms with E-state index in [0.29, 0.717) is 12.4 Å². The van der Waals surface area contributed by atoms with Crippen molar-refractivity contribution < 1.29 is 9.47 Å². The molecule has 1 aromatic carbocycles. The van der Waals surface area contributed by atoms with Crippen molar-refractivity contribution in [3.8, 4) is 17.8 Å². The molecular weight excluding hydrogens is 334 g/mol. The number of rotatable bonds is 4. The van der Waals surface area contributed by atoms with Crippen molar-refractivity contribution in [2.75, 3.05) is 6.61 Å². The van der Waals surface area contributed by atoms with Gasteiger partial charge >= 0.3 is 12.0 Å². The van der Waals surface area contributed by atoms with Crippen LogP contribution >= 0.6 is 27.5 Å². The van der Waals surface area contributed by atoms with Crippen LogP contribution in [0.4, 0.5) is 0 Å². The van der Waals surface area contributed by atoms with Gasteiger partial charge in [0, 0.05) is 4.47 Å². The van der Waals surface area contributed by atoms with Gasteiger partial charge in [-0.15, -0.1) is 4.98 Å². The number of ether oxygens (including phenoxy) is 2. The van der Waals surface area contributed by atoms with E-state index < -0.39 is 0 Å². The maximum absolute atomic E-state index is 5.79. The normalized spacial score (nSPS) is 10.3. The first kappa shape index (κ1) is 14.0. The second-order valence-electron chi connectivity index (χ2n) is 3.61. The zero-order chi connectivity index (χ0) is 13.8. The molecule has 0 aliphatic carbocycles. The quantitative estimate of drug-likeness (QED) is 0.844. The van der Waals surface area contributed by atoms with Gasteiger partial charge in [0.05, 0.1) is 6.61 Å². The molecule has 0 atom stereocenters. The number of aromatic nitrogens is 3. The van der Waals surface area contributed by atoms with Gasteiger partial charge in [0.25, 0.3) is 0 Å². The number of aryl methyl sites for hydroxylation is 1. The van der Waals surface area contributed by atoms with Crippen LogP contribution in [0.5, 0.6) is 17.8 Å². The monoisotopic (exact) mass is 343 g/mol. The Balaban J connectivity index is 2.29. The Morgan fingerprint density at radius 2 is 1.95 bits per heavy atom. The fraction of sp³-hybridized carbons (Fsp3) is 0.250. The van der Waals surface area contributed by atoms with E-state index in [-0.39, 0.29) is 17.3 Å². The zero-order valence-electron chi connectivity index (χ0n) is 10.4. The van der Waals surface area contributed by atoms with Gasteiger partial charge in [0.15, 0.2) is 0 Å². The van der Waals surface area contributed by atoms with Crippen LogP contribution in [0.25, 0.3) is 0 Å². The highest BCUT2D eigenvalue weighted by Gasteiger charge is 2.09. The van der Waals surface area contributed by atoms with E-state index in [9.17, 15) is 0 Å². The van der Waals surface area contributed by atoms with Gasteiger partial charge in [-0.1, -0.05) is 22.0 Å². The molecule has 0 aliphatic rings. The van der Waals surface area contributed by atoms with Crippen LogP contribution in [0.15, 0.2) is 22.7 Å². The summed E-state index contributed by atoms with van der Waals surface area (Å²) in [6, 6.07) is 5.92. The van der Waals surface area contributed by atoms with Crippen LogP contribution < -0.4 is 9.47 Å². The topological polar surface area (TPSA) is 57.1 Å². The summed E-state index contributed by atoms with van der Waals surface area (Å²) in [5.74, 6) is 0.638. The molecule has 0 aliphatic heterocycles. The molecule has 0 N–H and O–H groups in total. The minimum atomic E-state index is 0.0288. The molecule has 100 valence electrons. The fourth-order valence-electron chi connectivity index (χ4n) is 1.34. The standard InChI is InChI=1S/C12H11BrClN3O2/c1-3-18-11-15-10(14)16-12(17-11)19-9-6-8(13)5-4-7(9)2/h4-6H,3H2,1-2H3. The predicted octanol–water partition coefficient (Wildman–Crippen LogP) is 3.79. The molecule has 0 bridgehead atoms. The van der Waals surface area contributed by atoms with Crippen LogP contribution in [-0.2, 0) is 0 Å². The van der Waals surface area contributed by atoms with Gasteiger partial charge in [-0.3, -0.25) is 0 Å². The van der Waals surface area contributed by atoms with Crippen molar-refractivity contribution in [2.45, 2.75) is 13.8 Å². The first-order valence-electron chi connectivity index (χ1n) is 5.57. The summed E-state index contributed by atoms with van der Waals surface area (Å²) in [4.78, 5) is 11.8. The third-order valence-corrected chi connectivity index (χ3v) is 2.85. The number of nitrogens with zero attached hydrogens (tertiary/aromatic N) is 3. The number of benzene rings is 1. The molecule has 7 heteroatoms. The van der Waals surface area contributed by atoms with Crippen molar-refractivity contribution in [2.24, 2.45) is 0 Å². The average Bonchev–Trinajstić information content (AvgIpc) is 2.33. The molecule has 5 nitrogen and oxygen atoms in total. The lowest BCUT2D eigenvalue weighted by Gasteiger charge is -2.08. The van der Waals surface area contributed by atoms with E-state index in [2.05, 4.69) is 30.9 Å². The highest BCUT2D eigenvalue weighted by Crippen LogP contribution is 2.27. The molecule has 0 amide bonds. The highest BCUT2D eigenvalue weighted by molar-refractivity contribution is 9.10. The van der Waals surface area contributed by atoms with Crippen molar-refractivity contribution >= 4 is 27.5 Å². The summed E-state index contributed by atoms with van der Waals surface area (Å²) in [7, 11) is 0. The Kier molecular flexibility index (Phi) is 4.55. The van der Waals surface area contributed by atoms with Crippen LogP contribution in [0.2, 0.25) is 5.28 Å². The maximum atomic E-state index is 5.79. The van der Waals surface area contributed by atoms with Gasteiger partial charge in [-0.2, -0.15) is 9.97 Å². The Morgan fingerprint density at radius 3 is 2.68 bits per heavy atom. The molecule has 0 saturated carbocycles. The number of hydrogen-bond donors (Lipinski definition) is 0. The summed E-state index contributed by atoms with van der Waals surface area (Å²) < 4.78 is 11.7. The molecule has 0 saturated heterocycles. The fourth-order valence-corrected chi connectivity index (χ4v) is 1.82. The van der Waals surface area contributed by atoms with Gasteiger partial charge < -0.3 is 9.47 Å². The van der Waals surface area contributed by atoms with Gasteiger partial charge in [-0.05, 0) is 43.1 Å². The minimum absolute atomic E-state index is 0.0288. The Hall–Kier alpha value is -1.40. The Bertz CT molecular complexity index is 595. The summed E-state index contributed by atoms with van der Waals surface area (Å²) in [6.45, 7) is 4.19. The second-order valence-corrected chi connectivity index (χ2v) is 4.87. The number of hydrogen-bond acceptors (Lipinski definition) is 5. The molecule has 0 radical (unpaired) electrons. The summed E-state index contributed by atoms with van der Waals surface area (Å²) >= 11 is 9.17. The van der Waals surface area contributed by atoms with Crippen LogP contribution in [0.3, 0.4) is 0 Å². The van der Waals surface area contributed by atoms with E-state index >= 15 is 0 Å². The molecule has 0 fully saturated rings. The van der Waals surface area contributed by atoms with Crippen LogP contribution in [0, 0.1) is 6.92 Å². The molecule has 2 aromatic rings. The Morgan fingerprint density at radius 1 is 1.21 bits per heavy atom. The van der Waals surface area contributed by atoms with Crippen molar-refractivity contribution in [3.05, 3.63) is 33.5 Å². The van der Waals surface area contributed by atoms with Crippen LogP contribution in [-0.4, -0.2) is 21.6 Å². The molecule has 1 aromatic heterocycles. The predicted molar refractivity (Wildman–Crippen MR) is 75.0 cm³/mol. The summed E-state index contributed by atoms with van der Waals surface area (Å²) in [5.41, 5.74) is 0.956. The third-order valence-electron chi connectivity index (χ3n) is 2.19. The lowest BCUT2D eigenvalue weighted by Crippen LogP contribution is -2.02. The minimum Gasteiger partial charge on any atom is -0.464 e. The van der Waals surface area contributed by atoms with E-state index in [4.69, 9.17) is 21.1 Å². The molecule has 0 unspecified atom stereocenters. The third kappa shape index (κ3) is 3.78. The smallest absolute Gasteiger partial charge is 0.329 e. The molecule has 2 rings (SSSR count). The van der Waals surface area contributed by atoms with Crippen molar-refractivity contribution in [1.82, 2.24) is 15.0 Å². The average molecular weight is 345 g/mol. The van der Waals surface area contributed by atoms with Crippen LogP contribution in [0.1, 0.15) is 12.5 Å². The number of halogens is 2. The summed E-state index contributed by atoms with van der Waals surface area (Å²) in [6.07, 6.45) is 0. The lowest BCUT2D eigenvalue weighted by molar-refractivity contribution is 0.303. The van der Waals surface area contributed by atoms with Gasteiger partial charge in [0.2, 0.25) is 5.28 Å². The summed E-state index contributed by atoms with van der Waals surface area (Å²) in [5, 5.41) is 0.0288. The molecular formula is C12H11BrClN3O2. The molecule has 19 heavy (non-hydrogen) atoms. The molecule has 0 spiro atoms. The van der Waals surface area contributed by atoms with E-state index in [0.717, 1.165) is 10.0 Å². The van der Waals surface area contributed by atoms with E-state index in [1.54, 1.807) is 0 Å². The maximum Gasteiger partial charge on any atom is 0.329 e. The Labute approximate surface area is 124 Å². The SMILES string of the molecule is CCOc1nc(Cl)nc(Oc2cc(Br)ccc2C)n1. The second kappa shape index (κ2) is 6.16. The lowest BCUT2D eigenvalue weighted by atomic mass is 10.2. The first-order chi connectivity index (χ1) is 9.08. The highest BCUT2D eigenvalue weighted by atomic mass is 79.9. The van der Waals surface area contributed by atoms with Crippen molar-refractivity contribution in [1.29, 1.82) is 0 Å². The first-order valence-corrected chi connectivity index (χ1v) is 6.74. The van der Waals surface area contributed by atoms with Gasteiger partial charge in [0.1, 0.15) is 5.75 Å². The molecule has 1 heterocycles. The van der Waals surface area contributed by atoms with E-state index in [1.165, 1.54) is 0 Å². The van der Waals surface area contributed by atoms with Gasteiger partial charge in [-0.25, -0.2) is 0 Å². The van der Waals surface area contributed by atoms with Crippen molar-refractivity contribution in [3.63, 3.8) is 0 Å². The largest absolute Gasteiger partial charge is 0.464 e. The zero-order valence-corrected chi connectivity index (χ0v) is 12.7.